The normalized spacial score (nSPS) is 20.4. The second-order valence-electron chi connectivity index (χ2n) is 9.60. The maximum atomic E-state index is 13.6. The molecule has 0 saturated carbocycles. The summed E-state index contributed by atoms with van der Waals surface area (Å²) in [4.78, 5) is 36.1. The lowest BCUT2D eigenvalue weighted by Crippen LogP contribution is -2.56. The predicted molar refractivity (Wildman–Crippen MR) is 145 cm³/mol. The number of nitrogens with one attached hydrogen (secondary N) is 2. The van der Waals surface area contributed by atoms with Crippen LogP contribution in [0, 0.1) is 0 Å². The molecule has 5 rings (SSSR count). The topological polar surface area (TPSA) is 125 Å². The van der Waals surface area contributed by atoms with E-state index in [1.165, 1.54) is 15.6 Å². The van der Waals surface area contributed by atoms with Crippen LogP contribution in [0.4, 0.5) is 0 Å². The number of thiazole rings is 1. The van der Waals surface area contributed by atoms with Crippen LogP contribution in [0.3, 0.4) is 0 Å². The van der Waals surface area contributed by atoms with Crippen molar-refractivity contribution >= 4 is 55.7 Å². The van der Waals surface area contributed by atoms with Crippen molar-refractivity contribution in [3.8, 4) is 0 Å². The summed E-state index contributed by atoms with van der Waals surface area (Å²) in [5.74, 6) is -0.611. The van der Waals surface area contributed by atoms with Gasteiger partial charge in [-0.25, -0.2) is 13.4 Å². The first kappa shape index (κ1) is 27.1. The number of amides is 1. The van der Waals surface area contributed by atoms with E-state index >= 15 is 0 Å². The summed E-state index contributed by atoms with van der Waals surface area (Å²) >= 11 is 7.45. The smallest absolute Gasteiger partial charge is 0.305 e. The number of esters is 1. The van der Waals surface area contributed by atoms with Crippen molar-refractivity contribution in [2.45, 2.75) is 56.8 Å². The number of H-pyrrole nitrogens is 1. The molecule has 3 aromatic rings. The van der Waals surface area contributed by atoms with Gasteiger partial charge in [0.15, 0.2) is 5.01 Å². The highest BCUT2D eigenvalue weighted by molar-refractivity contribution is 7.89. The molecule has 0 radical (unpaired) electrons. The SMILES string of the molecule is CCOC(=O)CCC1CN(S(=O)(=O)c2cc3cc(Cl)ccc3[nH]2)CCN1C(=O)c1nc2c(s1)CNC(C)C2. The number of piperazine rings is 1. The number of fused-ring (bicyclic) bond motifs is 2. The van der Waals surface area contributed by atoms with E-state index in [-0.39, 0.29) is 56.0 Å². The molecule has 10 nitrogen and oxygen atoms in total. The Morgan fingerprint density at radius 2 is 2.08 bits per heavy atom. The van der Waals surface area contributed by atoms with E-state index in [0.29, 0.717) is 33.5 Å². The lowest BCUT2D eigenvalue weighted by Gasteiger charge is -2.40. The number of hydrogen-bond donors (Lipinski definition) is 2. The first-order chi connectivity index (χ1) is 18.2. The number of benzene rings is 1. The zero-order chi connectivity index (χ0) is 27.0. The van der Waals surface area contributed by atoms with Crippen molar-refractivity contribution < 1.29 is 22.7 Å². The van der Waals surface area contributed by atoms with Crippen LogP contribution >= 0.6 is 22.9 Å². The van der Waals surface area contributed by atoms with E-state index in [2.05, 4.69) is 22.2 Å². The molecule has 2 atom stereocenters. The average molecular weight is 580 g/mol. The predicted octanol–water partition coefficient (Wildman–Crippen LogP) is 3.17. The standard InChI is InChI=1S/C25H30ClN5O5S2/c1-3-36-23(32)7-5-18-14-30(38(34,35)22-12-16-11-17(26)4-6-19(16)28-22)8-9-31(18)25(33)24-29-20-10-15(2)27-13-21(20)37-24/h4,6,11-12,15,18,27-28H,3,5,7-10,13-14H2,1-2H3. The number of rotatable bonds is 7. The van der Waals surface area contributed by atoms with Gasteiger partial charge < -0.3 is 19.9 Å². The molecule has 2 aliphatic heterocycles. The Morgan fingerprint density at radius 1 is 1.26 bits per heavy atom. The third-order valence-electron chi connectivity index (χ3n) is 6.94. The number of aromatic nitrogens is 2. The highest BCUT2D eigenvalue weighted by Crippen LogP contribution is 2.29. The highest BCUT2D eigenvalue weighted by Gasteiger charge is 2.38. The van der Waals surface area contributed by atoms with Crippen molar-refractivity contribution in [1.82, 2.24) is 24.5 Å². The van der Waals surface area contributed by atoms with Gasteiger partial charge in [0.2, 0.25) is 0 Å². The van der Waals surface area contributed by atoms with E-state index < -0.39 is 16.1 Å². The van der Waals surface area contributed by atoms with Gasteiger partial charge in [-0.2, -0.15) is 4.31 Å². The van der Waals surface area contributed by atoms with Crippen LogP contribution in [-0.4, -0.2) is 77.8 Å². The fourth-order valence-corrected chi connectivity index (χ4v) is 7.62. The summed E-state index contributed by atoms with van der Waals surface area (Å²) in [6.45, 7) is 5.13. The molecular weight excluding hydrogens is 550 g/mol. The number of hydrogen-bond acceptors (Lipinski definition) is 8. The summed E-state index contributed by atoms with van der Waals surface area (Å²) in [5.41, 5.74) is 1.60. The van der Waals surface area contributed by atoms with Crippen LogP contribution in [0.25, 0.3) is 10.9 Å². The van der Waals surface area contributed by atoms with Crippen LogP contribution in [-0.2, 0) is 32.5 Å². The molecule has 1 amide bonds. The monoisotopic (exact) mass is 579 g/mol. The summed E-state index contributed by atoms with van der Waals surface area (Å²) in [7, 11) is -3.88. The van der Waals surface area contributed by atoms with E-state index in [4.69, 9.17) is 16.3 Å². The van der Waals surface area contributed by atoms with Gasteiger partial charge in [-0.1, -0.05) is 11.6 Å². The molecule has 38 heavy (non-hydrogen) atoms. The van der Waals surface area contributed by atoms with Crippen molar-refractivity contribution in [2.75, 3.05) is 26.2 Å². The van der Waals surface area contributed by atoms with Crippen LogP contribution < -0.4 is 5.32 Å². The minimum absolute atomic E-state index is 0.0628. The fraction of sp³-hybridized carbons (Fsp3) is 0.480. The van der Waals surface area contributed by atoms with E-state index in [1.807, 2.05) is 0 Å². The Bertz CT molecular complexity index is 1470. The van der Waals surface area contributed by atoms with Gasteiger partial charge in [-0.15, -0.1) is 11.3 Å². The van der Waals surface area contributed by atoms with Crippen molar-refractivity contribution in [3.63, 3.8) is 0 Å². The minimum Gasteiger partial charge on any atom is -0.466 e. The number of carbonyl (C=O) groups excluding carboxylic acids is 2. The summed E-state index contributed by atoms with van der Waals surface area (Å²) < 4.78 is 33.6. The number of halogens is 1. The Labute approximate surface area is 230 Å². The molecule has 2 aromatic heterocycles. The van der Waals surface area contributed by atoms with Crippen LogP contribution in [0.15, 0.2) is 29.3 Å². The maximum absolute atomic E-state index is 13.6. The van der Waals surface area contributed by atoms with Crippen LogP contribution in [0.5, 0.6) is 0 Å². The van der Waals surface area contributed by atoms with Gasteiger partial charge in [-0.3, -0.25) is 9.59 Å². The number of nitrogens with zero attached hydrogens (tertiary/aromatic N) is 3. The molecule has 2 N–H and O–H groups in total. The highest BCUT2D eigenvalue weighted by atomic mass is 35.5. The molecule has 4 heterocycles. The molecule has 1 aromatic carbocycles. The molecule has 2 unspecified atom stereocenters. The summed E-state index contributed by atoms with van der Waals surface area (Å²) in [6.07, 6.45) is 1.12. The lowest BCUT2D eigenvalue weighted by atomic mass is 10.1. The maximum Gasteiger partial charge on any atom is 0.305 e. The fourth-order valence-electron chi connectivity index (χ4n) is 4.96. The minimum atomic E-state index is -3.88. The quantitative estimate of drug-likeness (QED) is 0.412. The molecule has 0 aliphatic carbocycles. The van der Waals surface area contributed by atoms with Crippen molar-refractivity contribution in [1.29, 1.82) is 0 Å². The average Bonchev–Trinajstić information content (AvgIpc) is 3.51. The van der Waals surface area contributed by atoms with Gasteiger partial charge >= 0.3 is 5.97 Å². The van der Waals surface area contributed by atoms with Gasteiger partial charge in [0, 0.05) is 71.9 Å². The van der Waals surface area contributed by atoms with E-state index in [9.17, 15) is 18.0 Å². The van der Waals surface area contributed by atoms with Crippen LogP contribution in [0.1, 0.15) is 47.1 Å². The molecule has 13 heteroatoms. The molecular formula is C25H30ClN5O5S2. The number of carbonyl (C=O) groups is 2. The number of aromatic amines is 1. The number of sulfonamides is 1. The first-order valence-corrected chi connectivity index (χ1v) is 15.3. The summed E-state index contributed by atoms with van der Waals surface area (Å²) in [6, 6.07) is 6.48. The molecule has 2 aliphatic rings. The van der Waals surface area contributed by atoms with E-state index in [0.717, 1.165) is 17.0 Å². The van der Waals surface area contributed by atoms with Gasteiger partial charge in [0.25, 0.3) is 15.9 Å². The Morgan fingerprint density at radius 3 is 2.87 bits per heavy atom. The number of ether oxygens (including phenoxy) is 1. The molecule has 0 spiro atoms. The second kappa shape index (κ2) is 10.9. The van der Waals surface area contributed by atoms with Crippen molar-refractivity contribution in [2.24, 2.45) is 0 Å². The lowest BCUT2D eigenvalue weighted by molar-refractivity contribution is -0.143. The molecule has 1 fully saturated rings. The van der Waals surface area contributed by atoms with Crippen molar-refractivity contribution in [3.05, 3.63) is 44.9 Å². The molecule has 0 bridgehead atoms. The Balaban J connectivity index is 1.39. The molecule has 204 valence electrons. The summed E-state index contributed by atoms with van der Waals surface area (Å²) in [5, 5.41) is 5.06. The third-order valence-corrected chi connectivity index (χ3v) is 10.0. The second-order valence-corrected chi connectivity index (χ2v) is 13.0. The van der Waals surface area contributed by atoms with E-state index in [1.54, 1.807) is 36.1 Å². The third kappa shape index (κ3) is 5.46. The zero-order valence-electron chi connectivity index (χ0n) is 21.2. The van der Waals surface area contributed by atoms with Crippen LogP contribution in [0.2, 0.25) is 5.02 Å². The van der Waals surface area contributed by atoms with Gasteiger partial charge in [0.05, 0.1) is 12.3 Å². The zero-order valence-corrected chi connectivity index (χ0v) is 23.6. The largest absolute Gasteiger partial charge is 0.466 e. The molecule has 1 saturated heterocycles. The Hall–Kier alpha value is -2.51. The van der Waals surface area contributed by atoms with Gasteiger partial charge in [0.1, 0.15) is 5.03 Å². The first-order valence-electron chi connectivity index (χ1n) is 12.6. The Kier molecular flexibility index (Phi) is 7.79. The van der Waals surface area contributed by atoms with Gasteiger partial charge in [-0.05, 0) is 44.5 Å².